The highest BCUT2D eigenvalue weighted by Crippen LogP contribution is 2.17. The number of benzene rings is 1. The van der Waals surface area contributed by atoms with Gasteiger partial charge in [0, 0.05) is 37.6 Å². The van der Waals surface area contributed by atoms with Crippen LogP contribution in [0.1, 0.15) is 44.9 Å². The molecule has 1 aromatic carbocycles. The smallest absolute Gasteiger partial charge is 0.252 e. The molecule has 0 saturated carbocycles. The molecule has 0 saturated heterocycles. The van der Waals surface area contributed by atoms with Crippen molar-refractivity contribution in [2.24, 2.45) is 0 Å². The van der Waals surface area contributed by atoms with Crippen LogP contribution in [0.2, 0.25) is 0 Å². The number of nitrogens with zero attached hydrogens (tertiary/aromatic N) is 3. The van der Waals surface area contributed by atoms with Gasteiger partial charge in [-0.1, -0.05) is 29.8 Å². The molecule has 0 fully saturated rings. The first-order valence-corrected chi connectivity index (χ1v) is 10.5. The minimum atomic E-state index is -0.199. The zero-order valence-electron chi connectivity index (χ0n) is 18.3. The third-order valence-electron chi connectivity index (χ3n) is 5.24. The highest BCUT2D eigenvalue weighted by atomic mass is 16.2. The van der Waals surface area contributed by atoms with Gasteiger partial charge in [0.05, 0.1) is 17.8 Å². The van der Waals surface area contributed by atoms with Gasteiger partial charge in [0.25, 0.3) is 5.91 Å². The van der Waals surface area contributed by atoms with Crippen molar-refractivity contribution in [1.82, 2.24) is 25.4 Å². The van der Waals surface area contributed by atoms with Crippen molar-refractivity contribution in [2.45, 2.75) is 40.2 Å². The Hall–Kier alpha value is -3.48. The SMILES string of the molecule is Cc1ccc(Cn2nc(C)c(CCC(=O)NCCNC(=O)c3cccnc3)c2C)cc1. The first-order chi connectivity index (χ1) is 14.9. The van der Waals surface area contributed by atoms with Crippen LogP contribution in [-0.2, 0) is 17.8 Å². The molecule has 0 aliphatic rings. The average molecular weight is 420 g/mol. The number of pyridine rings is 1. The summed E-state index contributed by atoms with van der Waals surface area (Å²) in [7, 11) is 0. The van der Waals surface area contributed by atoms with E-state index in [0.717, 1.165) is 23.5 Å². The number of aryl methyl sites for hydroxylation is 2. The maximum atomic E-state index is 12.2. The Bertz CT molecular complexity index is 1030. The summed E-state index contributed by atoms with van der Waals surface area (Å²) < 4.78 is 2.00. The molecule has 2 N–H and O–H groups in total. The summed E-state index contributed by atoms with van der Waals surface area (Å²) in [5.74, 6) is -0.240. The summed E-state index contributed by atoms with van der Waals surface area (Å²) in [5, 5.41) is 10.3. The van der Waals surface area contributed by atoms with Gasteiger partial charge in [-0.2, -0.15) is 5.10 Å². The zero-order chi connectivity index (χ0) is 22.2. The minimum absolute atomic E-state index is 0.0410. The Morgan fingerprint density at radius 3 is 2.45 bits per heavy atom. The molecule has 3 aromatic rings. The van der Waals surface area contributed by atoms with Crippen molar-refractivity contribution in [3.63, 3.8) is 0 Å². The van der Waals surface area contributed by atoms with E-state index in [1.54, 1.807) is 18.3 Å². The van der Waals surface area contributed by atoms with Gasteiger partial charge in [0.15, 0.2) is 0 Å². The minimum Gasteiger partial charge on any atom is -0.354 e. The molecule has 0 bridgehead atoms. The van der Waals surface area contributed by atoms with Gasteiger partial charge in [-0.05, 0) is 50.5 Å². The van der Waals surface area contributed by atoms with Gasteiger partial charge in [0.2, 0.25) is 5.91 Å². The van der Waals surface area contributed by atoms with E-state index >= 15 is 0 Å². The van der Waals surface area contributed by atoms with Crippen molar-refractivity contribution >= 4 is 11.8 Å². The molecular formula is C24H29N5O2. The highest BCUT2D eigenvalue weighted by Gasteiger charge is 2.13. The van der Waals surface area contributed by atoms with E-state index in [2.05, 4.69) is 58.8 Å². The molecule has 0 aliphatic carbocycles. The lowest BCUT2D eigenvalue weighted by Gasteiger charge is -2.08. The summed E-state index contributed by atoms with van der Waals surface area (Å²) in [6.45, 7) is 7.58. The van der Waals surface area contributed by atoms with Crippen molar-refractivity contribution in [3.05, 3.63) is 82.4 Å². The molecule has 2 aromatic heterocycles. The molecule has 7 nitrogen and oxygen atoms in total. The van der Waals surface area contributed by atoms with Crippen molar-refractivity contribution in [1.29, 1.82) is 0 Å². The second kappa shape index (κ2) is 10.5. The lowest BCUT2D eigenvalue weighted by atomic mass is 10.1. The zero-order valence-corrected chi connectivity index (χ0v) is 18.3. The van der Waals surface area contributed by atoms with Gasteiger partial charge in [0.1, 0.15) is 0 Å². The molecule has 0 unspecified atom stereocenters. The lowest BCUT2D eigenvalue weighted by Crippen LogP contribution is -2.34. The molecule has 0 spiro atoms. The average Bonchev–Trinajstić information content (AvgIpc) is 3.04. The maximum Gasteiger partial charge on any atom is 0.252 e. The van der Waals surface area contributed by atoms with Crippen molar-refractivity contribution in [3.8, 4) is 0 Å². The predicted octanol–water partition coefficient (Wildman–Crippen LogP) is 2.73. The molecule has 162 valence electrons. The van der Waals surface area contributed by atoms with Gasteiger partial charge < -0.3 is 10.6 Å². The van der Waals surface area contributed by atoms with Gasteiger partial charge >= 0.3 is 0 Å². The Morgan fingerprint density at radius 2 is 1.74 bits per heavy atom. The standard InChI is InChI=1S/C24H29N5O2/c1-17-6-8-20(9-7-17)16-29-19(3)22(18(2)28-29)10-11-23(30)26-13-14-27-24(31)21-5-4-12-25-15-21/h4-9,12,15H,10-11,13-14,16H2,1-3H3,(H,26,30)(H,27,31). The van der Waals surface area contributed by atoms with Gasteiger partial charge in [-0.3, -0.25) is 19.3 Å². The molecule has 0 radical (unpaired) electrons. The largest absolute Gasteiger partial charge is 0.354 e. The Morgan fingerprint density at radius 1 is 1.00 bits per heavy atom. The number of carbonyl (C=O) groups excluding carboxylic acids is 2. The second-order valence-electron chi connectivity index (χ2n) is 7.64. The molecule has 0 aliphatic heterocycles. The number of nitrogens with one attached hydrogen (secondary N) is 2. The van der Waals surface area contributed by atoms with Crippen LogP contribution in [0.4, 0.5) is 0 Å². The number of aromatic nitrogens is 3. The van der Waals surface area contributed by atoms with Crippen LogP contribution in [0.3, 0.4) is 0 Å². The third kappa shape index (κ3) is 6.25. The van der Waals surface area contributed by atoms with E-state index in [4.69, 9.17) is 0 Å². The van der Waals surface area contributed by atoms with Crippen LogP contribution >= 0.6 is 0 Å². The topological polar surface area (TPSA) is 88.9 Å². The summed E-state index contributed by atoms with van der Waals surface area (Å²) in [6, 6.07) is 11.9. The summed E-state index contributed by atoms with van der Waals surface area (Å²) >= 11 is 0. The molecule has 2 heterocycles. The summed E-state index contributed by atoms with van der Waals surface area (Å²) in [5.41, 5.74) is 6.11. The number of rotatable bonds is 9. The van der Waals surface area contributed by atoms with Crippen LogP contribution in [0.5, 0.6) is 0 Å². The fraction of sp³-hybridized carbons (Fsp3) is 0.333. The fourth-order valence-corrected chi connectivity index (χ4v) is 3.42. The van der Waals surface area contributed by atoms with Gasteiger partial charge in [-0.25, -0.2) is 0 Å². The van der Waals surface area contributed by atoms with E-state index in [1.807, 2.05) is 11.6 Å². The number of carbonyl (C=O) groups is 2. The van der Waals surface area contributed by atoms with E-state index in [1.165, 1.54) is 17.3 Å². The Labute approximate surface area is 182 Å². The normalized spacial score (nSPS) is 10.7. The highest BCUT2D eigenvalue weighted by molar-refractivity contribution is 5.93. The third-order valence-corrected chi connectivity index (χ3v) is 5.24. The van der Waals surface area contributed by atoms with Crippen LogP contribution in [0.25, 0.3) is 0 Å². The first kappa shape index (κ1) is 22.2. The molecule has 2 amide bonds. The quantitative estimate of drug-likeness (QED) is 0.522. The van der Waals surface area contributed by atoms with E-state index < -0.39 is 0 Å². The molecule has 7 heteroatoms. The Balaban J connectivity index is 1.44. The number of amides is 2. The van der Waals surface area contributed by atoms with Crippen LogP contribution < -0.4 is 10.6 Å². The number of hydrogen-bond acceptors (Lipinski definition) is 4. The van der Waals surface area contributed by atoms with Crippen LogP contribution in [0.15, 0.2) is 48.8 Å². The van der Waals surface area contributed by atoms with Crippen LogP contribution in [0, 0.1) is 20.8 Å². The van der Waals surface area contributed by atoms with E-state index in [0.29, 0.717) is 31.5 Å². The molecular weight excluding hydrogens is 390 g/mol. The summed E-state index contributed by atoms with van der Waals surface area (Å²) in [6.07, 6.45) is 4.15. The molecule has 0 atom stereocenters. The van der Waals surface area contributed by atoms with Crippen molar-refractivity contribution < 1.29 is 9.59 Å². The maximum absolute atomic E-state index is 12.2. The lowest BCUT2D eigenvalue weighted by molar-refractivity contribution is -0.121. The first-order valence-electron chi connectivity index (χ1n) is 10.5. The number of hydrogen-bond donors (Lipinski definition) is 2. The van der Waals surface area contributed by atoms with Crippen molar-refractivity contribution in [2.75, 3.05) is 13.1 Å². The van der Waals surface area contributed by atoms with Gasteiger partial charge in [-0.15, -0.1) is 0 Å². The summed E-state index contributed by atoms with van der Waals surface area (Å²) in [4.78, 5) is 28.1. The predicted molar refractivity (Wildman–Crippen MR) is 120 cm³/mol. The van der Waals surface area contributed by atoms with E-state index in [-0.39, 0.29) is 11.8 Å². The Kier molecular flexibility index (Phi) is 7.54. The molecule has 3 rings (SSSR count). The monoisotopic (exact) mass is 419 g/mol. The second-order valence-corrected chi connectivity index (χ2v) is 7.64. The van der Waals surface area contributed by atoms with E-state index in [9.17, 15) is 9.59 Å². The van der Waals surface area contributed by atoms with Crippen LogP contribution in [-0.4, -0.2) is 39.7 Å². The molecule has 31 heavy (non-hydrogen) atoms. The fourth-order valence-electron chi connectivity index (χ4n) is 3.42.